The van der Waals surface area contributed by atoms with Gasteiger partial charge in [0.1, 0.15) is 0 Å². The molecule has 2 rings (SSSR count). The van der Waals surface area contributed by atoms with E-state index in [9.17, 15) is 5.11 Å². The van der Waals surface area contributed by atoms with Crippen molar-refractivity contribution in [1.82, 2.24) is 4.57 Å². The van der Waals surface area contributed by atoms with Crippen LogP contribution in [0.15, 0.2) is 24.3 Å². The highest BCUT2D eigenvalue weighted by Gasteiger charge is 2.17. The van der Waals surface area contributed by atoms with Crippen LogP contribution in [0.2, 0.25) is 5.02 Å². The zero-order chi connectivity index (χ0) is 12.6. The number of nitrogens with zero attached hydrogens (tertiary/aromatic N) is 1. The molecule has 3 heteroatoms. The Morgan fingerprint density at radius 1 is 1.29 bits per heavy atom. The lowest BCUT2D eigenvalue weighted by molar-refractivity contribution is 0.0791. The molecule has 0 saturated carbocycles. The van der Waals surface area contributed by atoms with Crippen LogP contribution in [0.1, 0.15) is 26.5 Å². The maximum Gasteiger partial charge on any atom is 0.0646 e. The van der Waals surface area contributed by atoms with Crippen LogP contribution in [0, 0.1) is 0 Å². The second-order valence-corrected chi connectivity index (χ2v) is 5.51. The maximum atomic E-state index is 9.93. The molecule has 0 saturated heterocycles. The Morgan fingerprint density at radius 2 is 2.00 bits per heavy atom. The highest BCUT2D eigenvalue weighted by atomic mass is 35.5. The molecule has 0 aliphatic heterocycles. The summed E-state index contributed by atoms with van der Waals surface area (Å²) in [5, 5.41) is 11.9. The molecule has 1 aromatic heterocycles. The summed E-state index contributed by atoms with van der Waals surface area (Å²) in [4.78, 5) is 0. The summed E-state index contributed by atoms with van der Waals surface area (Å²) < 4.78 is 2.21. The van der Waals surface area contributed by atoms with E-state index in [-0.39, 0.29) is 0 Å². The Balaban J connectivity index is 2.56. The minimum atomic E-state index is -0.689. The zero-order valence-electron chi connectivity index (χ0n) is 10.5. The maximum absolute atomic E-state index is 9.93. The highest BCUT2D eigenvalue weighted by molar-refractivity contribution is 6.31. The number of rotatable bonds is 3. The quantitative estimate of drug-likeness (QED) is 0.886. The Kier molecular flexibility index (Phi) is 3.19. The third kappa shape index (κ3) is 2.64. The molecule has 0 unspecified atom stereocenters. The number of aliphatic hydroxyl groups is 1. The monoisotopic (exact) mass is 251 g/mol. The van der Waals surface area contributed by atoms with Crippen LogP contribution in [0.5, 0.6) is 0 Å². The summed E-state index contributed by atoms with van der Waals surface area (Å²) in [5.74, 6) is 0. The summed E-state index contributed by atoms with van der Waals surface area (Å²) in [5.41, 5.74) is 1.60. The van der Waals surface area contributed by atoms with Gasteiger partial charge in [0.05, 0.1) is 5.60 Å². The predicted molar refractivity (Wildman–Crippen MR) is 72.6 cm³/mol. The molecule has 0 spiro atoms. The summed E-state index contributed by atoms with van der Waals surface area (Å²) in [6, 6.07) is 8.04. The number of benzene rings is 1. The van der Waals surface area contributed by atoms with Crippen LogP contribution in [-0.2, 0) is 13.0 Å². The van der Waals surface area contributed by atoms with Gasteiger partial charge in [-0.15, -0.1) is 0 Å². The van der Waals surface area contributed by atoms with Gasteiger partial charge in [-0.25, -0.2) is 0 Å². The molecule has 1 heterocycles. The SMILES string of the molecule is CCn1c(CC(C)(C)O)cc2ccc(Cl)cc21. The number of fused-ring (bicyclic) bond motifs is 1. The van der Waals surface area contributed by atoms with Gasteiger partial charge in [0, 0.05) is 29.2 Å². The van der Waals surface area contributed by atoms with Gasteiger partial charge >= 0.3 is 0 Å². The van der Waals surface area contributed by atoms with Crippen molar-refractivity contribution in [3.05, 3.63) is 35.0 Å². The molecule has 1 N–H and O–H groups in total. The molecule has 2 nitrogen and oxygen atoms in total. The van der Waals surface area contributed by atoms with Crippen molar-refractivity contribution in [2.24, 2.45) is 0 Å². The van der Waals surface area contributed by atoms with Gasteiger partial charge in [-0.3, -0.25) is 0 Å². The van der Waals surface area contributed by atoms with Gasteiger partial charge < -0.3 is 9.67 Å². The molecular formula is C14H18ClNO. The van der Waals surface area contributed by atoms with E-state index in [1.54, 1.807) is 0 Å². The lowest BCUT2D eigenvalue weighted by Gasteiger charge is -2.18. The lowest BCUT2D eigenvalue weighted by atomic mass is 10.0. The lowest BCUT2D eigenvalue weighted by Crippen LogP contribution is -2.23. The summed E-state index contributed by atoms with van der Waals surface area (Å²) in [7, 11) is 0. The molecule has 0 radical (unpaired) electrons. The largest absolute Gasteiger partial charge is 0.390 e. The number of aryl methyl sites for hydroxylation is 1. The van der Waals surface area contributed by atoms with Crippen LogP contribution < -0.4 is 0 Å². The third-order valence-corrected chi connectivity index (χ3v) is 3.12. The summed E-state index contributed by atoms with van der Waals surface area (Å²) in [6.45, 7) is 6.65. The fourth-order valence-electron chi connectivity index (χ4n) is 2.25. The number of hydrogen-bond acceptors (Lipinski definition) is 1. The molecule has 0 aliphatic rings. The van der Waals surface area contributed by atoms with E-state index in [0.717, 1.165) is 22.8 Å². The van der Waals surface area contributed by atoms with Gasteiger partial charge in [0.2, 0.25) is 0 Å². The Bertz CT molecular complexity index is 537. The Labute approximate surface area is 107 Å². The molecule has 92 valence electrons. The number of hydrogen-bond donors (Lipinski definition) is 1. The van der Waals surface area contributed by atoms with E-state index < -0.39 is 5.60 Å². The molecule has 0 bridgehead atoms. The molecule has 2 aromatic rings. The average molecular weight is 252 g/mol. The minimum Gasteiger partial charge on any atom is -0.390 e. The van der Waals surface area contributed by atoms with Gasteiger partial charge in [0.25, 0.3) is 0 Å². The Hall–Kier alpha value is -0.990. The summed E-state index contributed by atoms with van der Waals surface area (Å²) in [6.07, 6.45) is 0.646. The summed E-state index contributed by atoms with van der Waals surface area (Å²) >= 11 is 6.03. The van der Waals surface area contributed by atoms with Crippen molar-refractivity contribution in [1.29, 1.82) is 0 Å². The minimum absolute atomic E-state index is 0.646. The van der Waals surface area contributed by atoms with Crippen molar-refractivity contribution in [2.75, 3.05) is 0 Å². The van der Waals surface area contributed by atoms with Crippen LogP contribution >= 0.6 is 11.6 Å². The topological polar surface area (TPSA) is 25.2 Å². The smallest absolute Gasteiger partial charge is 0.0646 e. The van der Waals surface area contributed by atoms with E-state index in [1.807, 2.05) is 32.0 Å². The van der Waals surface area contributed by atoms with Crippen LogP contribution in [0.25, 0.3) is 10.9 Å². The third-order valence-electron chi connectivity index (χ3n) is 2.88. The molecular weight excluding hydrogens is 234 g/mol. The normalized spacial score (nSPS) is 12.3. The van der Waals surface area contributed by atoms with E-state index in [4.69, 9.17) is 11.6 Å². The van der Waals surface area contributed by atoms with Gasteiger partial charge in [-0.05, 0) is 44.4 Å². The molecule has 1 aromatic carbocycles. The molecule has 17 heavy (non-hydrogen) atoms. The fourth-order valence-corrected chi connectivity index (χ4v) is 2.41. The second kappa shape index (κ2) is 4.35. The van der Waals surface area contributed by atoms with Crippen molar-refractivity contribution in [3.63, 3.8) is 0 Å². The first-order chi connectivity index (χ1) is 7.90. The first-order valence-electron chi connectivity index (χ1n) is 5.91. The van der Waals surface area contributed by atoms with E-state index >= 15 is 0 Å². The van der Waals surface area contributed by atoms with Gasteiger partial charge in [0.15, 0.2) is 0 Å². The first-order valence-corrected chi connectivity index (χ1v) is 6.28. The van der Waals surface area contributed by atoms with Crippen molar-refractivity contribution >= 4 is 22.5 Å². The van der Waals surface area contributed by atoms with Crippen LogP contribution in [-0.4, -0.2) is 15.3 Å². The standard InChI is InChI=1S/C14H18ClNO/c1-4-16-12(9-14(2,3)17)7-10-5-6-11(15)8-13(10)16/h5-8,17H,4,9H2,1-3H3. The van der Waals surface area contributed by atoms with Gasteiger partial charge in [-0.1, -0.05) is 17.7 Å². The van der Waals surface area contributed by atoms with E-state index in [0.29, 0.717) is 6.42 Å². The van der Waals surface area contributed by atoms with E-state index in [2.05, 4.69) is 17.6 Å². The molecule has 0 aliphatic carbocycles. The zero-order valence-corrected chi connectivity index (χ0v) is 11.3. The molecule has 0 amide bonds. The Morgan fingerprint density at radius 3 is 2.59 bits per heavy atom. The molecule has 0 atom stereocenters. The average Bonchev–Trinajstić information content (AvgIpc) is 2.51. The second-order valence-electron chi connectivity index (χ2n) is 5.07. The van der Waals surface area contributed by atoms with E-state index in [1.165, 1.54) is 5.39 Å². The molecule has 0 fully saturated rings. The predicted octanol–water partition coefficient (Wildman–Crippen LogP) is 3.63. The van der Waals surface area contributed by atoms with Crippen molar-refractivity contribution in [3.8, 4) is 0 Å². The van der Waals surface area contributed by atoms with Crippen molar-refractivity contribution < 1.29 is 5.11 Å². The first kappa shape index (κ1) is 12.5. The van der Waals surface area contributed by atoms with Crippen LogP contribution in [0.4, 0.5) is 0 Å². The van der Waals surface area contributed by atoms with Crippen molar-refractivity contribution in [2.45, 2.75) is 39.3 Å². The highest BCUT2D eigenvalue weighted by Crippen LogP contribution is 2.25. The van der Waals surface area contributed by atoms with Gasteiger partial charge in [-0.2, -0.15) is 0 Å². The van der Waals surface area contributed by atoms with Crippen LogP contribution in [0.3, 0.4) is 0 Å². The number of halogens is 1. The fraction of sp³-hybridized carbons (Fsp3) is 0.429. The number of aromatic nitrogens is 1.